The van der Waals surface area contributed by atoms with Gasteiger partial charge < -0.3 is 10.6 Å². The van der Waals surface area contributed by atoms with E-state index >= 15 is 0 Å². The first-order valence-electron chi connectivity index (χ1n) is 10.1. The smallest absolute Gasteiger partial charge is 0.246 e. The Hall–Kier alpha value is -1.84. The van der Waals surface area contributed by atoms with Gasteiger partial charge >= 0.3 is 0 Å². The summed E-state index contributed by atoms with van der Waals surface area (Å²) in [6, 6.07) is 7.41. The number of nitrogens with one attached hydrogen (secondary N) is 2. The third-order valence-electron chi connectivity index (χ3n) is 5.33. The van der Waals surface area contributed by atoms with Gasteiger partial charge in [0, 0.05) is 11.6 Å². The Balaban J connectivity index is 2.00. The Morgan fingerprint density at radius 3 is 2.46 bits per heavy atom. The van der Waals surface area contributed by atoms with E-state index in [4.69, 9.17) is 0 Å². The van der Waals surface area contributed by atoms with Gasteiger partial charge in [0.1, 0.15) is 6.04 Å². The molecule has 1 aliphatic carbocycles. The lowest BCUT2D eigenvalue weighted by Gasteiger charge is -2.28. The molecule has 0 heterocycles. The minimum Gasteiger partial charge on any atom is -0.344 e. The maximum Gasteiger partial charge on any atom is 0.246 e. The summed E-state index contributed by atoms with van der Waals surface area (Å²) in [5.74, 6) is 1.01. The standard InChI is InChI=1S/C22H34N2O2/c1-5-17-7-6-8-19(14-17)23-22(26)20(13-15(2)3)24-21(25)18-11-9-16(4)10-12-18/h6-8,14-16,18,20H,5,9-13H2,1-4H3,(H,23,26)(H,24,25). The first-order chi connectivity index (χ1) is 12.4. The van der Waals surface area contributed by atoms with Crippen LogP contribution in [0.3, 0.4) is 0 Å². The van der Waals surface area contributed by atoms with Gasteiger partial charge in [-0.15, -0.1) is 0 Å². The molecule has 0 saturated heterocycles. The molecule has 4 heteroatoms. The van der Waals surface area contributed by atoms with Gasteiger partial charge in [0.25, 0.3) is 0 Å². The summed E-state index contributed by atoms with van der Waals surface area (Å²) in [6.45, 7) is 8.49. The molecule has 1 aromatic carbocycles. The Bertz CT molecular complexity index is 604. The van der Waals surface area contributed by atoms with Crippen molar-refractivity contribution in [3.8, 4) is 0 Å². The second-order valence-corrected chi connectivity index (χ2v) is 8.19. The zero-order valence-electron chi connectivity index (χ0n) is 16.7. The number of hydrogen-bond acceptors (Lipinski definition) is 2. The Kier molecular flexibility index (Phi) is 7.67. The molecule has 26 heavy (non-hydrogen) atoms. The lowest BCUT2D eigenvalue weighted by Crippen LogP contribution is -2.47. The van der Waals surface area contributed by atoms with E-state index in [1.54, 1.807) is 0 Å². The van der Waals surface area contributed by atoms with Crippen LogP contribution >= 0.6 is 0 Å². The zero-order valence-corrected chi connectivity index (χ0v) is 16.7. The van der Waals surface area contributed by atoms with Crippen molar-refractivity contribution >= 4 is 17.5 Å². The minimum atomic E-state index is -0.480. The molecule has 2 rings (SSSR count). The van der Waals surface area contributed by atoms with Crippen molar-refractivity contribution in [3.05, 3.63) is 29.8 Å². The van der Waals surface area contributed by atoms with Crippen LogP contribution in [0.5, 0.6) is 0 Å². The normalized spacial score (nSPS) is 21.3. The summed E-state index contributed by atoms with van der Waals surface area (Å²) in [4.78, 5) is 25.5. The van der Waals surface area contributed by atoms with E-state index in [1.807, 2.05) is 24.3 Å². The molecular formula is C22H34N2O2. The third-order valence-corrected chi connectivity index (χ3v) is 5.33. The van der Waals surface area contributed by atoms with Crippen molar-refractivity contribution in [1.29, 1.82) is 0 Å². The first-order valence-corrected chi connectivity index (χ1v) is 10.1. The first kappa shape index (κ1) is 20.5. The average molecular weight is 359 g/mol. The molecule has 1 atom stereocenters. The number of hydrogen-bond donors (Lipinski definition) is 2. The Morgan fingerprint density at radius 2 is 1.85 bits per heavy atom. The maximum atomic E-state index is 12.8. The number of carbonyl (C=O) groups is 2. The van der Waals surface area contributed by atoms with E-state index in [-0.39, 0.29) is 17.7 Å². The van der Waals surface area contributed by atoms with Gasteiger partial charge in [-0.25, -0.2) is 0 Å². The maximum absolute atomic E-state index is 12.8. The monoisotopic (exact) mass is 358 g/mol. The summed E-state index contributed by atoms with van der Waals surface area (Å²) < 4.78 is 0. The van der Waals surface area contributed by atoms with Gasteiger partial charge in [0.05, 0.1) is 0 Å². The van der Waals surface area contributed by atoms with Crippen LogP contribution in [0, 0.1) is 17.8 Å². The minimum absolute atomic E-state index is 0.0417. The molecule has 1 aromatic rings. The molecule has 1 unspecified atom stereocenters. The van der Waals surface area contributed by atoms with Crippen LogP contribution in [-0.2, 0) is 16.0 Å². The van der Waals surface area contributed by atoms with Crippen LogP contribution in [0.2, 0.25) is 0 Å². The van der Waals surface area contributed by atoms with Crippen molar-refractivity contribution in [1.82, 2.24) is 5.32 Å². The molecule has 4 nitrogen and oxygen atoms in total. The molecule has 0 aliphatic heterocycles. The fourth-order valence-corrected chi connectivity index (χ4v) is 3.61. The number of benzene rings is 1. The van der Waals surface area contributed by atoms with Gasteiger partial charge in [0.2, 0.25) is 11.8 Å². The van der Waals surface area contributed by atoms with Crippen LogP contribution in [0.25, 0.3) is 0 Å². The van der Waals surface area contributed by atoms with Crippen LogP contribution in [0.1, 0.15) is 65.4 Å². The van der Waals surface area contributed by atoms with E-state index in [0.717, 1.165) is 37.8 Å². The molecular weight excluding hydrogens is 324 g/mol. The molecule has 0 spiro atoms. The van der Waals surface area contributed by atoms with E-state index in [2.05, 4.69) is 38.3 Å². The van der Waals surface area contributed by atoms with Gasteiger partial charge in [-0.05, 0) is 68.1 Å². The second-order valence-electron chi connectivity index (χ2n) is 8.19. The van der Waals surface area contributed by atoms with E-state index in [9.17, 15) is 9.59 Å². The van der Waals surface area contributed by atoms with Crippen molar-refractivity contribution < 1.29 is 9.59 Å². The third kappa shape index (κ3) is 6.15. The number of anilines is 1. The lowest BCUT2D eigenvalue weighted by molar-refractivity contribution is -0.130. The fourth-order valence-electron chi connectivity index (χ4n) is 3.61. The van der Waals surface area contributed by atoms with Gasteiger partial charge in [-0.2, -0.15) is 0 Å². The Morgan fingerprint density at radius 1 is 1.15 bits per heavy atom. The van der Waals surface area contributed by atoms with Crippen molar-refractivity contribution in [2.45, 2.75) is 72.3 Å². The molecule has 0 aromatic heterocycles. The number of aryl methyl sites for hydroxylation is 1. The van der Waals surface area contributed by atoms with Gasteiger partial charge in [0.15, 0.2) is 0 Å². The Labute approximate surface area is 158 Å². The quantitative estimate of drug-likeness (QED) is 0.751. The second kappa shape index (κ2) is 9.75. The van der Waals surface area contributed by atoms with Crippen LogP contribution in [-0.4, -0.2) is 17.9 Å². The number of rotatable bonds is 7. The molecule has 2 amide bonds. The number of amides is 2. The predicted molar refractivity (Wildman–Crippen MR) is 107 cm³/mol. The zero-order chi connectivity index (χ0) is 19.1. The predicted octanol–water partition coefficient (Wildman–Crippen LogP) is 4.54. The van der Waals surface area contributed by atoms with Crippen molar-refractivity contribution in [3.63, 3.8) is 0 Å². The highest BCUT2D eigenvalue weighted by Gasteiger charge is 2.28. The van der Waals surface area contributed by atoms with E-state index in [0.29, 0.717) is 18.3 Å². The molecule has 1 saturated carbocycles. The summed E-state index contributed by atoms with van der Waals surface area (Å²) in [5, 5.41) is 6.01. The van der Waals surface area contributed by atoms with Crippen LogP contribution in [0.4, 0.5) is 5.69 Å². The van der Waals surface area contributed by atoms with Gasteiger partial charge in [-0.1, -0.05) is 39.8 Å². The molecule has 144 valence electrons. The molecule has 0 bridgehead atoms. The fraction of sp³-hybridized carbons (Fsp3) is 0.636. The highest BCUT2D eigenvalue weighted by atomic mass is 16.2. The van der Waals surface area contributed by atoms with Crippen LogP contribution < -0.4 is 10.6 Å². The highest BCUT2D eigenvalue weighted by molar-refractivity contribution is 5.97. The van der Waals surface area contributed by atoms with E-state index < -0.39 is 6.04 Å². The van der Waals surface area contributed by atoms with Crippen molar-refractivity contribution in [2.75, 3.05) is 5.32 Å². The van der Waals surface area contributed by atoms with Crippen LogP contribution in [0.15, 0.2) is 24.3 Å². The SMILES string of the molecule is CCc1cccc(NC(=O)C(CC(C)C)NC(=O)C2CCC(C)CC2)c1. The highest BCUT2D eigenvalue weighted by Crippen LogP contribution is 2.28. The number of carbonyl (C=O) groups excluding carboxylic acids is 2. The summed E-state index contributed by atoms with van der Waals surface area (Å²) in [6.07, 6.45) is 5.64. The van der Waals surface area contributed by atoms with E-state index in [1.165, 1.54) is 5.56 Å². The largest absolute Gasteiger partial charge is 0.344 e. The summed E-state index contributed by atoms with van der Waals surface area (Å²) >= 11 is 0. The molecule has 0 radical (unpaired) electrons. The van der Waals surface area contributed by atoms with Crippen molar-refractivity contribution in [2.24, 2.45) is 17.8 Å². The average Bonchev–Trinajstić information content (AvgIpc) is 2.61. The summed E-state index contributed by atoms with van der Waals surface area (Å²) in [5.41, 5.74) is 1.98. The van der Waals surface area contributed by atoms with Gasteiger partial charge in [-0.3, -0.25) is 9.59 Å². The lowest BCUT2D eigenvalue weighted by atomic mass is 9.82. The molecule has 1 fully saturated rings. The topological polar surface area (TPSA) is 58.2 Å². The molecule has 1 aliphatic rings. The molecule has 2 N–H and O–H groups in total. The summed E-state index contributed by atoms with van der Waals surface area (Å²) in [7, 11) is 0.